The maximum atomic E-state index is 16.5. The van der Waals surface area contributed by atoms with Gasteiger partial charge in [0.1, 0.15) is 29.4 Å². The molecule has 7 rings (SSSR count). The Morgan fingerprint density at radius 1 is 1.23 bits per heavy atom. The zero-order valence-electron chi connectivity index (χ0n) is 22.5. The molecule has 2 N–H and O–H groups in total. The maximum Gasteiger partial charge on any atom is 0.319 e. The minimum absolute atomic E-state index is 0.00358. The molecule has 8 nitrogen and oxygen atoms in total. The van der Waals surface area contributed by atoms with Gasteiger partial charge < -0.3 is 20.1 Å². The van der Waals surface area contributed by atoms with Crippen molar-refractivity contribution in [1.29, 1.82) is 0 Å². The second-order valence-corrected chi connectivity index (χ2v) is 11.7. The Morgan fingerprint density at radius 2 is 2.05 bits per heavy atom. The highest BCUT2D eigenvalue weighted by molar-refractivity contribution is 6.36. The zero-order valence-corrected chi connectivity index (χ0v) is 23.2. The fraction of sp³-hybridized carbons (Fsp3) is 0.433. The summed E-state index contributed by atoms with van der Waals surface area (Å²) in [6.07, 6.45) is 7.08. The van der Waals surface area contributed by atoms with Crippen molar-refractivity contribution >= 4 is 39.1 Å². The molecule has 5 heterocycles. The van der Waals surface area contributed by atoms with Crippen LogP contribution in [-0.4, -0.2) is 76.4 Å². The quantitative estimate of drug-likeness (QED) is 0.334. The summed E-state index contributed by atoms with van der Waals surface area (Å²) in [4.78, 5) is 18.6. The van der Waals surface area contributed by atoms with Crippen molar-refractivity contribution in [2.45, 2.75) is 43.7 Å². The third kappa shape index (κ3) is 4.22. The van der Waals surface area contributed by atoms with Gasteiger partial charge in [0, 0.05) is 41.8 Å². The summed E-state index contributed by atoms with van der Waals surface area (Å²) in [7, 11) is 1.98. The third-order valence-electron chi connectivity index (χ3n) is 9.01. The van der Waals surface area contributed by atoms with Crippen LogP contribution in [0, 0.1) is 5.82 Å². The number of rotatable bonds is 6. The molecular formula is C30H32ClFN6O2. The van der Waals surface area contributed by atoms with Gasteiger partial charge in [-0.2, -0.15) is 9.97 Å². The molecule has 3 aliphatic heterocycles. The number of ether oxygens (including phenoxy) is 1. The second-order valence-electron chi connectivity index (χ2n) is 11.3. The largest absolute Gasteiger partial charge is 0.508 e. The van der Waals surface area contributed by atoms with Crippen LogP contribution in [0.1, 0.15) is 32.1 Å². The number of anilines is 1. The van der Waals surface area contributed by atoms with Crippen molar-refractivity contribution < 1.29 is 14.2 Å². The number of aromatic hydroxyl groups is 1. The van der Waals surface area contributed by atoms with Crippen molar-refractivity contribution in [3.8, 4) is 23.0 Å². The first-order chi connectivity index (χ1) is 19.4. The Labute approximate surface area is 237 Å². The van der Waals surface area contributed by atoms with Crippen molar-refractivity contribution in [3.05, 3.63) is 47.4 Å². The normalized spacial score (nSPS) is 20.4. The van der Waals surface area contributed by atoms with Gasteiger partial charge in [0.05, 0.1) is 10.9 Å². The van der Waals surface area contributed by atoms with Crippen LogP contribution in [-0.2, 0) is 0 Å². The summed E-state index contributed by atoms with van der Waals surface area (Å²) >= 11 is 6.55. The molecule has 0 aliphatic carbocycles. The summed E-state index contributed by atoms with van der Waals surface area (Å²) in [6, 6.07) is 8.85. The van der Waals surface area contributed by atoms with Gasteiger partial charge in [-0.25, -0.2) is 4.39 Å². The Bertz CT molecular complexity index is 1600. The Kier molecular flexibility index (Phi) is 6.40. The highest BCUT2D eigenvalue weighted by Gasteiger charge is 2.45. The summed E-state index contributed by atoms with van der Waals surface area (Å²) in [5.41, 5.74) is 0.624. The van der Waals surface area contributed by atoms with Crippen molar-refractivity contribution in [2.75, 3.05) is 44.7 Å². The predicted octanol–water partition coefficient (Wildman–Crippen LogP) is 5.15. The first-order valence-electron chi connectivity index (χ1n) is 14.0. The minimum Gasteiger partial charge on any atom is -0.508 e. The summed E-state index contributed by atoms with van der Waals surface area (Å²) in [6.45, 7) is 4.41. The van der Waals surface area contributed by atoms with Crippen LogP contribution in [0.15, 0.2) is 36.5 Å². The molecular weight excluding hydrogens is 531 g/mol. The molecule has 0 saturated carbocycles. The molecule has 2 aromatic carbocycles. The van der Waals surface area contributed by atoms with E-state index in [2.05, 4.69) is 25.1 Å². The van der Waals surface area contributed by atoms with E-state index in [9.17, 15) is 5.11 Å². The number of hydrogen-bond donors (Lipinski definition) is 2. The van der Waals surface area contributed by atoms with E-state index in [1.54, 1.807) is 24.4 Å². The summed E-state index contributed by atoms with van der Waals surface area (Å²) in [5.74, 6) is -0.00111. The van der Waals surface area contributed by atoms with E-state index in [-0.39, 0.29) is 34.6 Å². The third-order valence-corrected chi connectivity index (χ3v) is 9.32. The molecule has 0 spiro atoms. The monoisotopic (exact) mass is 562 g/mol. The molecule has 3 aliphatic rings. The molecule has 40 heavy (non-hydrogen) atoms. The lowest BCUT2D eigenvalue weighted by atomic mass is 9.95. The number of fused-ring (bicyclic) bond motifs is 3. The first-order valence-corrected chi connectivity index (χ1v) is 14.4. The predicted molar refractivity (Wildman–Crippen MR) is 155 cm³/mol. The van der Waals surface area contributed by atoms with Crippen LogP contribution in [0.2, 0.25) is 5.02 Å². The number of aromatic nitrogens is 3. The van der Waals surface area contributed by atoms with Crippen molar-refractivity contribution in [1.82, 2.24) is 25.2 Å². The Hall–Kier alpha value is -3.27. The molecule has 4 aromatic rings. The summed E-state index contributed by atoms with van der Waals surface area (Å²) < 4.78 is 22.8. The van der Waals surface area contributed by atoms with Gasteiger partial charge >= 0.3 is 6.01 Å². The molecule has 0 radical (unpaired) electrons. The SMILES string of the molecule is CN(c1nc(OCC23CCCN2CCC3)nc2c(F)c(-c3cc(O)cc4cccc(Cl)c34)ncc12)C1CCNC1. The number of nitrogens with zero attached hydrogens (tertiary/aromatic N) is 5. The number of phenols is 1. The molecule has 3 saturated heterocycles. The van der Waals surface area contributed by atoms with Crippen molar-refractivity contribution in [3.63, 3.8) is 0 Å². The van der Waals surface area contributed by atoms with Gasteiger partial charge in [-0.3, -0.25) is 9.88 Å². The number of pyridine rings is 1. The molecule has 208 valence electrons. The van der Waals surface area contributed by atoms with E-state index in [0.29, 0.717) is 39.2 Å². The average molecular weight is 563 g/mol. The molecule has 1 atom stereocenters. The van der Waals surface area contributed by atoms with Crippen molar-refractivity contribution in [2.24, 2.45) is 0 Å². The van der Waals surface area contributed by atoms with Gasteiger partial charge in [-0.15, -0.1) is 0 Å². The lowest BCUT2D eigenvalue weighted by Crippen LogP contribution is -2.43. The standard InChI is InChI=1S/C30H32ClFN6O2/c1-37(19-7-10-33-15-19)28-22-16-34-26(21-14-20(39)13-18-5-2-6-23(31)24(18)21)25(32)27(22)35-29(36-28)40-17-30-8-3-11-38(30)12-4-9-30/h2,5-6,13-14,16,19,33,39H,3-4,7-12,15,17H2,1H3. The molecule has 10 heteroatoms. The Morgan fingerprint density at radius 3 is 2.83 bits per heavy atom. The fourth-order valence-corrected chi connectivity index (χ4v) is 7.18. The smallest absolute Gasteiger partial charge is 0.319 e. The van der Waals surface area contributed by atoms with E-state index < -0.39 is 5.82 Å². The highest BCUT2D eigenvalue weighted by atomic mass is 35.5. The van der Waals surface area contributed by atoms with E-state index in [0.717, 1.165) is 58.3 Å². The van der Waals surface area contributed by atoms with Crippen LogP contribution in [0.4, 0.5) is 10.2 Å². The Balaban J connectivity index is 1.37. The average Bonchev–Trinajstić information content (AvgIpc) is 3.69. The van der Waals surface area contributed by atoms with E-state index in [1.807, 2.05) is 13.1 Å². The van der Waals surface area contributed by atoms with Crippen LogP contribution in [0.25, 0.3) is 32.9 Å². The minimum atomic E-state index is -0.600. The van der Waals surface area contributed by atoms with Crippen LogP contribution in [0.5, 0.6) is 11.8 Å². The van der Waals surface area contributed by atoms with E-state index >= 15 is 4.39 Å². The van der Waals surface area contributed by atoms with Gasteiger partial charge in [0.2, 0.25) is 0 Å². The maximum absolute atomic E-state index is 16.5. The number of hydrogen-bond acceptors (Lipinski definition) is 8. The second kappa shape index (κ2) is 9.98. The van der Waals surface area contributed by atoms with E-state index in [1.165, 1.54) is 6.07 Å². The van der Waals surface area contributed by atoms with Gasteiger partial charge in [-0.1, -0.05) is 23.7 Å². The van der Waals surface area contributed by atoms with Crippen LogP contribution >= 0.6 is 11.6 Å². The number of benzene rings is 2. The highest BCUT2D eigenvalue weighted by Crippen LogP contribution is 2.41. The van der Waals surface area contributed by atoms with E-state index in [4.69, 9.17) is 21.3 Å². The number of nitrogens with one attached hydrogen (secondary N) is 1. The van der Waals surface area contributed by atoms with Gasteiger partial charge in [-0.05, 0) is 75.3 Å². The van der Waals surface area contributed by atoms with Gasteiger partial charge in [0.15, 0.2) is 5.82 Å². The first kappa shape index (κ1) is 25.7. The zero-order chi connectivity index (χ0) is 27.4. The van der Waals surface area contributed by atoms with Gasteiger partial charge in [0.25, 0.3) is 0 Å². The molecule has 0 amide bonds. The number of likely N-dealkylation sites (N-methyl/N-ethyl adjacent to an activating group) is 1. The number of halogens is 2. The molecule has 0 bridgehead atoms. The molecule has 3 fully saturated rings. The van der Waals surface area contributed by atoms with Crippen LogP contribution in [0.3, 0.4) is 0 Å². The number of phenolic OH excluding ortho intramolecular Hbond substituents is 1. The summed E-state index contributed by atoms with van der Waals surface area (Å²) in [5, 5.41) is 16.1. The van der Waals surface area contributed by atoms with Crippen LogP contribution < -0.4 is 15.0 Å². The lowest BCUT2D eigenvalue weighted by molar-refractivity contribution is 0.108. The molecule has 2 aromatic heterocycles. The topological polar surface area (TPSA) is 86.6 Å². The fourth-order valence-electron chi connectivity index (χ4n) is 6.90. The lowest BCUT2D eigenvalue weighted by Gasteiger charge is -2.31. The molecule has 1 unspecified atom stereocenters.